The number of rotatable bonds is 3. The third kappa shape index (κ3) is 2.32. The van der Waals surface area contributed by atoms with Crippen molar-refractivity contribution in [2.75, 3.05) is 7.11 Å². The Balaban J connectivity index is 2.80. The van der Waals surface area contributed by atoms with Gasteiger partial charge in [-0.25, -0.2) is 0 Å². The highest BCUT2D eigenvalue weighted by molar-refractivity contribution is 6.72. The quantitative estimate of drug-likeness (QED) is 0.635. The van der Waals surface area contributed by atoms with Crippen LogP contribution in [0, 0.1) is 0 Å². The molecule has 0 aliphatic heterocycles. The van der Waals surface area contributed by atoms with Gasteiger partial charge in [0.05, 0.1) is 0 Å². The Hall–Kier alpha value is -0.863. The zero-order valence-electron chi connectivity index (χ0n) is 7.53. The lowest BCUT2D eigenvalue weighted by Crippen LogP contribution is -2.30. The predicted molar refractivity (Wildman–Crippen MR) is 55.0 cm³/mol. The summed E-state index contributed by atoms with van der Waals surface area (Å²) in [6.07, 6.45) is 2.06. The molecule has 0 radical (unpaired) electrons. The van der Waals surface area contributed by atoms with Gasteiger partial charge in [-0.2, -0.15) is 0 Å². The van der Waals surface area contributed by atoms with Gasteiger partial charge < -0.3 is 4.43 Å². The summed E-state index contributed by atoms with van der Waals surface area (Å²) < 4.78 is 5.43. The van der Waals surface area contributed by atoms with Crippen LogP contribution in [0.2, 0.25) is 0 Å². The van der Waals surface area contributed by atoms with Crippen LogP contribution < -0.4 is 5.19 Å². The van der Waals surface area contributed by atoms with Gasteiger partial charge in [-0.1, -0.05) is 42.1 Å². The summed E-state index contributed by atoms with van der Waals surface area (Å²) in [6.45, 7) is 2.03. The van der Waals surface area contributed by atoms with Crippen molar-refractivity contribution in [3.8, 4) is 0 Å². The van der Waals surface area contributed by atoms with Gasteiger partial charge in [-0.15, -0.1) is 0 Å². The van der Waals surface area contributed by atoms with Crippen LogP contribution in [-0.2, 0) is 4.43 Å². The molecule has 1 unspecified atom stereocenters. The molecular formula is C10H14OSi. The van der Waals surface area contributed by atoms with Gasteiger partial charge in [0.25, 0.3) is 0 Å². The molecule has 64 valence electrons. The maximum Gasteiger partial charge on any atom is 0.231 e. The predicted octanol–water partition coefficient (Wildman–Crippen LogP) is 1.38. The van der Waals surface area contributed by atoms with E-state index in [2.05, 4.69) is 36.0 Å². The molecule has 0 heterocycles. The molecule has 0 saturated heterocycles. The lowest BCUT2D eigenvalue weighted by Gasteiger charge is -2.07. The topological polar surface area (TPSA) is 9.23 Å². The largest absolute Gasteiger partial charge is 0.415 e. The second-order valence-corrected chi connectivity index (χ2v) is 4.96. The summed E-state index contributed by atoms with van der Waals surface area (Å²) in [5.41, 5.74) is 2.18. The zero-order chi connectivity index (χ0) is 8.81. The lowest BCUT2D eigenvalue weighted by atomic mass is 10.4. The van der Waals surface area contributed by atoms with Crippen LogP contribution in [0.5, 0.6) is 0 Å². The fourth-order valence-corrected chi connectivity index (χ4v) is 2.75. The van der Waals surface area contributed by atoms with Crippen LogP contribution in [0.25, 0.3) is 0 Å². The van der Waals surface area contributed by atoms with Crippen molar-refractivity contribution >= 4 is 14.2 Å². The van der Waals surface area contributed by atoms with Crippen molar-refractivity contribution < 1.29 is 4.43 Å². The van der Waals surface area contributed by atoms with Gasteiger partial charge in [0.2, 0.25) is 9.04 Å². The SMILES string of the molecule is CC=C[SiH](OC)c1ccccc1. The average molecular weight is 178 g/mol. The number of hydrogen-bond acceptors (Lipinski definition) is 1. The second-order valence-electron chi connectivity index (χ2n) is 2.59. The normalized spacial score (nSPS) is 13.5. The Labute approximate surface area is 75.4 Å². The van der Waals surface area contributed by atoms with E-state index in [9.17, 15) is 0 Å². The minimum absolute atomic E-state index is 1.25. The van der Waals surface area contributed by atoms with Crippen molar-refractivity contribution in [2.45, 2.75) is 6.92 Å². The zero-order valence-corrected chi connectivity index (χ0v) is 8.68. The molecule has 1 rings (SSSR count). The van der Waals surface area contributed by atoms with Crippen LogP contribution >= 0.6 is 0 Å². The molecule has 0 saturated carbocycles. The Morgan fingerprint density at radius 2 is 1.92 bits per heavy atom. The summed E-state index contributed by atoms with van der Waals surface area (Å²) in [5, 5.41) is 1.33. The highest BCUT2D eigenvalue weighted by Gasteiger charge is 2.06. The molecule has 0 spiro atoms. The minimum atomic E-state index is -1.25. The lowest BCUT2D eigenvalue weighted by molar-refractivity contribution is 0.438. The molecule has 0 aliphatic carbocycles. The highest BCUT2D eigenvalue weighted by atomic mass is 28.3. The van der Waals surface area contributed by atoms with E-state index >= 15 is 0 Å². The summed E-state index contributed by atoms with van der Waals surface area (Å²) in [7, 11) is 0.530. The molecule has 0 N–H and O–H groups in total. The molecule has 1 aromatic carbocycles. The monoisotopic (exact) mass is 178 g/mol. The molecule has 0 amide bonds. The summed E-state index contributed by atoms with van der Waals surface area (Å²) in [6, 6.07) is 10.4. The molecule has 0 aliphatic rings. The van der Waals surface area contributed by atoms with Gasteiger partial charge in [0.15, 0.2) is 0 Å². The Morgan fingerprint density at radius 3 is 2.42 bits per heavy atom. The van der Waals surface area contributed by atoms with Gasteiger partial charge in [0, 0.05) is 7.11 Å². The molecule has 0 fully saturated rings. The third-order valence-corrected chi connectivity index (χ3v) is 4.03. The molecule has 12 heavy (non-hydrogen) atoms. The first-order chi connectivity index (χ1) is 5.88. The first-order valence-corrected chi connectivity index (χ1v) is 5.80. The van der Waals surface area contributed by atoms with Gasteiger partial charge >= 0.3 is 0 Å². The summed E-state index contributed by atoms with van der Waals surface area (Å²) >= 11 is 0. The van der Waals surface area contributed by atoms with Crippen molar-refractivity contribution in [3.05, 3.63) is 42.1 Å². The average Bonchev–Trinajstić information content (AvgIpc) is 2.15. The van der Waals surface area contributed by atoms with Gasteiger partial charge in [0.1, 0.15) is 0 Å². The smallest absolute Gasteiger partial charge is 0.231 e. The third-order valence-electron chi connectivity index (χ3n) is 1.75. The van der Waals surface area contributed by atoms with Crippen LogP contribution in [0.3, 0.4) is 0 Å². The van der Waals surface area contributed by atoms with E-state index in [0.29, 0.717) is 0 Å². The Morgan fingerprint density at radius 1 is 1.25 bits per heavy atom. The Bertz CT molecular complexity index is 243. The van der Waals surface area contributed by atoms with E-state index < -0.39 is 9.04 Å². The van der Waals surface area contributed by atoms with Gasteiger partial charge in [-0.05, 0) is 12.1 Å². The van der Waals surface area contributed by atoms with Crippen molar-refractivity contribution in [1.82, 2.24) is 0 Å². The molecule has 0 bridgehead atoms. The van der Waals surface area contributed by atoms with Crippen molar-refractivity contribution in [2.24, 2.45) is 0 Å². The maximum absolute atomic E-state index is 5.43. The fourth-order valence-electron chi connectivity index (χ4n) is 1.14. The molecule has 0 aromatic heterocycles. The van der Waals surface area contributed by atoms with Crippen molar-refractivity contribution in [1.29, 1.82) is 0 Å². The summed E-state index contributed by atoms with van der Waals surface area (Å²) in [5.74, 6) is 0. The van der Waals surface area contributed by atoms with Gasteiger partial charge in [-0.3, -0.25) is 0 Å². The van der Waals surface area contributed by atoms with Crippen LogP contribution in [-0.4, -0.2) is 16.2 Å². The van der Waals surface area contributed by atoms with Crippen LogP contribution in [0.15, 0.2) is 42.1 Å². The molecule has 2 heteroatoms. The van der Waals surface area contributed by atoms with E-state index in [1.54, 1.807) is 7.11 Å². The molecule has 1 nitrogen and oxygen atoms in total. The molecule has 1 aromatic rings. The highest BCUT2D eigenvalue weighted by Crippen LogP contribution is 1.91. The van der Waals surface area contributed by atoms with Crippen LogP contribution in [0.4, 0.5) is 0 Å². The molecular weight excluding hydrogens is 164 g/mol. The van der Waals surface area contributed by atoms with E-state index in [-0.39, 0.29) is 0 Å². The fraction of sp³-hybridized carbons (Fsp3) is 0.200. The first kappa shape index (κ1) is 9.23. The van der Waals surface area contributed by atoms with E-state index in [1.165, 1.54) is 5.19 Å². The second kappa shape index (κ2) is 4.90. The number of benzene rings is 1. The minimum Gasteiger partial charge on any atom is -0.415 e. The van der Waals surface area contributed by atoms with E-state index in [1.807, 2.05) is 13.0 Å². The standard InChI is InChI=1S/C10H14OSi/c1-3-9-12(11-2)10-7-5-4-6-8-10/h3-9,12H,1-2H3. The first-order valence-electron chi connectivity index (χ1n) is 4.09. The summed E-state index contributed by atoms with van der Waals surface area (Å²) in [4.78, 5) is 0. The van der Waals surface area contributed by atoms with Crippen LogP contribution in [0.1, 0.15) is 6.92 Å². The van der Waals surface area contributed by atoms with Crippen molar-refractivity contribution in [3.63, 3.8) is 0 Å². The number of hydrogen-bond donors (Lipinski definition) is 0. The van der Waals surface area contributed by atoms with E-state index in [0.717, 1.165) is 0 Å². The Kier molecular flexibility index (Phi) is 3.77. The molecule has 1 atom stereocenters. The van der Waals surface area contributed by atoms with E-state index in [4.69, 9.17) is 4.43 Å². The number of allylic oxidation sites excluding steroid dienone is 1. The maximum atomic E-state index is 5.43.